The summed E-state index contributed by atoms with van der Waals surface area (Å²) in [7, 11) is 0. The Morgan fingerprint density at radius 2 is 1.00 bits per heavy atom. The van der Waals surface area contributed by atoms with E-state index in [2.05, 4.69) is 27.7 Å². The fourth-order valence-electron chi connectivity index (χ4n) is 1.95. The number of unbranched alkanes of at least 4 members (excludes halogenated alkanes) is 2. The van der Waals surface area contributed by atoms with Gasteiger partial charge in [0.05, 0.1) is 26.2 Å². The number of hydrogen-bond donors (Lipinski definition) is 0. The summed E-state index contributed by atoms with van der Waals surface area (Å²) in [6.45, 7) is 18.7. The molecule has 1 heteroatoms. The monoisotopic (exact) mass is 216 g/mol. The minimum atomic E-state index is 1.32. The predicted molar refractivity (Wildman–Crippen MR) is 72.2 cm³/mol. The number of quaternary nitrogens is 1. The van der Waals surface area contributed by atoms with E-state index in [1.165, 1.54) is 56.3 Å². The fourth-order valence-corrected chi connectivity index (χ4v) is 1.95. The molecule has 0 saturated carbocycles. The van der Waals surface area contributed by atoms with Crippen molar-refractivity contribution in [3.8, 4) is 0 Å². The molecule has 0 atom stereocenters. The van der Waals surface area contributed by atoms with Gasteiger partial charge in [0.25, 0.3) is 0 Å². The van der Waals surface area contributed by atoms with Crippen LogP contribution in [0.25, 0.3) is 0 Å². The fraction of sp³-hybridized carbons (Fsp3) is 1.00. The Morgan fingerprint density at radius 3 is 1.20 bits per heavy atom. The Bertz CT molecular complexity index is 95.9. The van der Waals surface area contributed by atoms with Gasteiger partial charge in [-0.3, -0.25) is 0 Å². The van der Waals surface area contributed by atoms with E-state index < -0.39 is 0 Å². The van der Waals surface area contributed by atoms with E-state index in [1.54, 1.807) is 0 Å². The zero-order valence-electron chi connectivity index (χ0n) is 12.1. The van der Waals surface area contributed by atoms with Crippen molar-refractivity contribution in [1.29, 1.82) is 0 Å². The summed E-state index contributed by atoms with van der Waals surface area (Å²) in [5.74, 6) is 0. The van der Waals surface area contributed by atoms with Crippen LogP contribution in [-0.4, -0.2) is 30.7 Å². The standard InChI is InChI=1S/C12H28N.C2H6/c1-5-9-11-13(7-3,8-4)12-10-6-2;1-2/h5-12H2,1-4H3;1-2H3/q+1;. The van der Waals surface area contributed by atoms with Crippen molar-refractivity contribution in [3.63, 3.8) is 0 Å². The van der Waals surface area contributed by atoms with Crippen LogP contribution in [0.3, 0.4) is 0 Å². The quantitative estimate of drug-likeness (QED) is 0.525. The Morgan fingerprint density at radius 1 is 0.667 bits per heavy atom. The molecular weight excluding hydrogens is 182 g/mol. The van der Waals surface area contributed by atoms with E-state index in [0.29, 0.717) is 0 Å². The highest BCUT2D eigenvalue weighted by Gasteiger charge is 2.20. The average molecular weight is 216 g/mol. The first kappa shape index (κ1) is 17.4. The molecule has 94 valence electrons. The first-order valence-electron chi connectivity index (χ1n) is 7.09. The molecule has 1 nitrogen and oxygen atoms in total. The summed E-state index contributed by atoms with van der Waals surface area (Å²) < 4.78 is 1.35. The van der Waals surface area contributed by atoms with Gasteiger partial charge < -0.3 is 4.48 Å². The van der Waals surface area contributed by atoms with E-state index in [-0.39, 0.29) is 0 Å². The van der Waals surface area contributed by atoms with Gasteiger partial charge in [-0.05, 0) is 26.7 Å². The lowest BCUT2D eigenvalue weighted by Gasteiger charge is -2.37. The SMILES string of the molecule is CC.CCCC[N+](CC)(CC)CCCC. The highest BCUT2D eigenvalue weighted by molar-refractivity contribution is 4.43. The van der Waals surface area contributed by atoms with Crippen LogP contribution < -0.4 is 0 Å². The lowest BCUT2D eigenvalue weighted by Crippen LogP contribution is -2.49. The van der Waals surface area contributed by atoms with Gasteiger partial charge in [0, 0.05) is 0 Å². The maximum absolute atomic E-state index is 2.34. The van der Waals surface area contributed by atoms with Crippen molar-refractivity contribution in [2.24, 2.45) is 0 Å². The third kappa shape index (κ3) is 7.84. The van der Waals surface area contributed by atoms with Gasteiger partial charge in [0.2, 0.25) is 0 Å². The average Bonchev–Trinajstić information content (AvgIpc) is 2.33. The first-order valence-corrected chi connectivity index (χ1v) is 7.09. The van der Waals surface area contributed by atoms with Crippen molar-refractivity contribution in [2.75, 3.05) is 26.2 Å². The Kier molecular flexibility index (Phi) is 13.9. The van der Waals surface area contributed by atoms with Crippen LogP contribution in [0.5, 0.6) is 0 Å². The van der Waals surface area contributed by atoms with Crippen LogP contribution in [0.1, 0.15) is 67.2 Å². The van der Waals surface area contributed by atoms with Gasteiger partial charge in [0.1, 0.15) is 0 Å². The van der Waals surface area contributed by atoms with Crippen molar-refractivity contribution < 1.29 is 4.48 Å². The van der Waals surface area contributed by atoms with Crippen LogP contribution in [-0.2, 0) is 0 Å². The molecule has 0 aliphatic carbocycles. The second-order valence-corrected chi connectivity index (χ2v) is 4.13. The van der Waals surface area contributed by atoms with Gasteiger partial charge in [-0.2, -0.15) is 0 Å². The van der Waals surface area contributed by atoms with E-state index in [4.69, 9.17) is 0 Å². The molecule has 0 bridgehead atoms. The molecule has 0 rings (SSSR count). The summed E-state index contributed by atoms with van der Waals surface area (Å²) in [5.41, 5.74) is 0. The summed E-state index contributed by atoms with van der Waals surface area (Å²) in [4.78, 5) is 0. The molecule has 0 saturated heterocycles. The normalized spacial score (nSPS) is 10.8. The summed E-state index contributed by atoms with van der Waals surface area (Å²) >= 11 is 0. The zero-order valence-corrected chi connectivity index (χ0v) is 12.1. The maximum atomic E-state index is 2.34. The van der Waals surface area contributed by atoms with Crippen molar-refractivity contribution in [3.05, 3.63) is 0 Å². The molecule has 0 heterocycles. The zero-order chi connectivity index (χ0) is 12.2. The molecule has 0 amide bonds. The lowest BCUT2D eigenvalue weighted by molar-refractivity contribution is -0.925. The van der Waals surface area contributed by atoms with Gasteiger partial charge in [0.15, 0.2) is 0 Å². The largest absolute Gasteiger partial charge is 0.324 e. The first-order chi connectivity index (χ1) is 7.24. The van der Waals surface area contributed by atoms with Gasteiger partial charge >= 0.3 is 0 Å². The number of hydrogen-bond acceptors (Lipinski definition) is 0. The number of rotatable bonds is 8. The van der Waals surface area contributed by atoms with E-state index in [9.17, 15) is 0 Å². The van der Waals surface area contributed by atoms with Crippen LogP contribution in [0.4, 0.5) is 0 Å². The molecule has 0 unspecified atom stereocenters. The maximum Gasteiger partial charge on any atom is 0.0786 e. The van der Waals surface area contributed by atoms with Crippen molar-refractivity contribution >= 4 is 0 Å². The van der Waals surface area contributed by atoms with Crippen molar-refractivity contribution in [1.82, 2.24) is 0 Å². The molecule has 0 aromatic carbocycles. The topological polar surface area (TPSA) is 0 Å². The molecule has 0 aromatic rings. The molecule has 0 spiro atoms. The van der Waals surface area contributed by atoms with Gasteiger partial charge in [-0.1, -0.05) is 40.5 Å². The van der Waals surface area contributed by atoms with Crippen LogP contribution in [0.15, 0.2) is 0 Å². The Balaban J connectivity index is 0. The van der Waals surface area contributed by atoms with Crippen LogP contribution in [0, 0.1) is 0 Å². The van der Waals surface area contributed by atoms with Gasteiger partial charge in [-0.15, -0.1) is 0 Å². The summed E-state index contributed by atoms with van der Waals surface area (Å²) in [6.07, 6.45) is 5.47. The number of nitrogens with zero attached hydrogens (tertiary/aromatic N) is 1. The smallest absolute Gasteiger partial charge is 0.0786 e. The summed E-state index contributed by atoms with van der Waals surface area (Å²) in [6, 6.07) is 0. The molecule has 0 N–H and O–H groups in total. The molecule has 0 aliphatic heterocycles. The Hall–Kier alpha value is -0.0400. The van der Waals surface area contributed by atoms with E-state index in [1.807, 2.05) is 13.8 Å². The van der Waals surface area contributed by atoms with Gasteiger partial charge in [-0.25, -0.2) is 0 Å². The third-order valence-electron chi connectivity index (χ3n) is 3.31. The molecular formula is C14H34N+. The molecule has 0 aromatic heterocycles. The predicted octanol–water partition coefficient (Wildman–Crippen LogP) is 4.47. The van der Waals surface area contributed by atoms with Crippen molar-refractivity contribution in [2.45, 2.75) is 67.2 Å². The minimum absolute atomic E-state index is 1.32. The molecule has 0 fully saturated rings. The molecule has 15 heavy (non-hydrogen) atoms. The summed E-state index contributed by atoms with van der Waals surface area (Å²) in [5, 5.41) is 0. The van der Waals surface area contributed by atoms with Crippen LogP contribution in [0.2, 0.25) is 0 Å². The molecule has 0 radical (unpaired) electrons. The van der Waals surface area contributed by atoms with Crippen LogP contribution >= 0.6 is 0 Å². The third-order valence-corrected chi connectivity index (χ3v) is 3.31. The highest BCUT2D eigenvalue weighted by Crippen LogP contribution is 2.11. The molecule has 0 aliphatic rings. The second-order valence-electron chi connectivity index (χ2n) is 4.13. The van der Waals surface area contributed by atoms with E-state index in [0.717, 1.165) is 0 Å². The van der Waals surface area contributed by atoms with E-state index >= 15 is 0 Å². The minimum Gasteiger partial charge on any atom is -0.324 e. The lowest BCUT2D eigenvalue weighted by atomic mass is 10.2. The Labute approximate surface area is 98.5 Å². The second kappa shape index (κ2) is 12.0. The highest BCUT2D eigenvalue weighted by atomic mass is 15.3.